The summed E-state index contributed by atoms with van der Waals surface area (Å²) in [5.41, 5.74) is 6.56. The zero-order chi connectivity index (χ0) is 24.5. The van der Waals surface area contributed by atoms with Gasteiger partial charge in [-0.25, -0.2) is 0 Å². The highest BCUT2D eigenvalue weighted by molar-refractivity contribution is 6.32. The third-order valence-corrected chi connectivity index (χ3v) is 5.84. The van der Waals surface area contributed by atoms with Crippen LogP contribution in [0, 0.1) is 6.92 Å². The molecule has 0 atom stereocenters. The van der Waals surface area contributed by atoms with Crippen LogP contribution in [0.25, 0.3) is 16.9 Å². The van der Waals surface area contributed by atoms with Gasteiger partial charge in [-0.1, -0.05) is 59.6 Å². The van der Waals surface area contributed by atoms with Gasteiger partial charge in [0.05, 0.1) is 33.2 Å². The Balaban J connectivity index is 0.00000342. The molecule has 4 aromatic rings. The molecule has 0 aliphatic heterocycles. The molecule has 4 rings (SSSR count). The maximum Gasteiger partial charge on any atom is 0.418 e. The molecule has 0 fully saturated rings. The van der Waals surface area contributed by atoms with Crippen LogP contribution in [-0.2, 0) is 6.18 Å². The average molecular weight is 541 g/mol. The third kappa shape index (κ3) is 5.59. The van der Waals surface area contributed by atoms with Gasteiger partial charge in [0, 0.05) is 10.7 Å². The number of hydrogen-bond acceptors (Lipinski definition) is 2. The lowest BCUT2D eigenvalue weighted by Crippen LogP contribution is -2.30. The van der Waals surface area contributed by atoms with Gasteiger partial charge in [-0.2, -0.15) is 13.2 Å². The van der Waals surface area contributed by atoms with Crippen molar-refractivity contribution in [3.05, 3.63) is 106 Å². The molecule has 2 N–H and O–H groups in total. The van der Waals surface area contributed by atoms with Gasteiger partial charge in [-0.05, 0) is 55.0 Å². The molecule has 3 aromatic carbocycles. The van der Waals surface area contributed by atoms with Crippen molar-refractivity contribution < 1.29 is 18.0 Å². The minimum atomic E-state index is -4.57. The molecular weight excluding hydrogens is 522 g/mol. The lowest BCUT2D eigenvalue weighted by atomic mass is 10.1. The van der Waals surface area contributed by atoms with Gasteiger partial charge in [-0.15, -0.1) is 12.4 Å². The molecule has 0 bridgehead atoms. The van der Waals surface area contributed by atoms with Crippen molar-refractivity contribution in [2.24, 2.45) is 0 Å². The molecule has 1 heterocycles. The number of carbonyl (C=O) groups is 1. The highest BCUT2D eigenvalue weighted by Gasteiger charge is 2.33. The molecule has 0 saturated heterocycles. The summed E-state index contributed by atoms with van der Waals surface area (Å²) >= 11 is 12.5. The quantitative estimate of drug-likeness (QED) is 0.252. The van der Waals surface area contributed by atoms with Crippen molar-refractivity contribution in [1.82, 2.24) is 9.99 Å². The Labute approximate surface area is 216 Å². The summed E-state index contributed by atoms with van der Waals surface area (Å²) in [6.07, 6.45) is -4.57. The molecule has 0 radical (unpaired) electrons. The number of nitrogens with zero attached hydrogens (tertiary/aromatic N) is 1. The van der Waals surface area contributed by atoms with Crippen LogP contribution in [0.4, 0.5) is 18.9 Å². The molecule has 1 aromatic heterocycles. The standard InChI is InChI=1S/C25H18Cl2F3N3O.ClH/c1-15-18(24(34)32-31-21-8-4-2-6-19(21)25(28,29)30)14-23(16-10-12-17(26)13-11-16)33(15)22-9-5-3-7-20(22)27;/h2-14,31H,1H3,(H,32,34);1H. The number of nitrogens with one attached hydrogen (secondary N) is 2. The van der Waals surface area contributed by atoms with Crippen molar-refractivity contribution in [2.75, 3.05) is 5.43 Å². The largest absolute Gasteiger partial charge is 0.418 e. The topological polar surface area (TPSA) is 46.1 Å². The summed E-state index contributed by atoms with van der Waals surface area (Å²) in [5.74, 6) is -0.601. The monoisotopic (exact) mass is 539 g/mol. The number of hydrazine groups is 1. The van der Waals surface area contributed by atoms with Crippen molar-refractivity contribution >= 4 is 47.2 Å². The molecule has 0 aliphatic carbocycles. The lowest BCUT2D eigenvalue weighted by molar-refractivity contribution is -0.137. The van der Waals surface area contributed by atoms with Crippen LogP contribution >= 0.6 is 35.6 Å². The molecule has 4 nitrogen and oxygen atoms in total. The Bertz CT molecular complexity index is 1350. The average Bonchev–Trinajstić information content (AvgIpc) is 3.15. The number of anilines is 1. The van der Waals surface area contributed by atoms with E-state index < -0.39 is 17.6 Å². The van der Waals surface area contributed by atoms with Crippen molar-refractivity contribution in [1.29, 1.82) is 0 Å². The SMILES string of the molecule is Cc1c(C(=O)NNc2ccccc2C(F)(F)F)cc(-c2ccc(Cl)cc2)n1-c1ccccc1Cl.Cl. The number of halogens is 6. The minimum Gasteiger partial charge on any atom is -0.312 e. The van der Waals surface area contributed by atoms with E-state index in [0.29, 0.717) is 27.1 Å². The van der Waals surface area contributed by atoms with Gasteiger partial charge in [0.2, 0.25) is 0 Å². The maximum absolute atomic E-state index is 13.3. The van der Waals surface area contributed by atoms with Crippen molar-refractivity contribution in [2.45, 2.75) is 13.1 Å². The zero-order valence-corrected chi connectivity index (χ0v) is 20.5. The summed E-state index contributed by atoms with van der Waals surface area (Å²) in [7, 11) is 0. The van der Waals surface area contributed by atoms with E-state index in [1.54, 1.807) is 37.3 Å². The minimum absolute atomic E-state index is 0. The Morgan fingerprint density at radius 3 is 2.20 bits per heavy atom. The van der Waals surface area contributed by atoms with E-state index in [9.17, 15) is 18.0 Å². The van der Waals surface area contributed by atoms with Crippen LogP contribution in [0.15, 0.2) is 78.9 Å². The fourth-order valence-electron chi connectivity index (χ4n) is 3.64. The maximum atomic E-state index is 13.3. The summed E-state index contributed by atoms with van der Waals surface area (Å²) in [6, 6.07) is 20.8. The van der Waals surface area contributed by atoms with Gasteiger partial charge >= 0.3 is 6.18 Å². The first kappa shape index (κ1) is 26.5. The number of amides is 1. The molecule has 1 amide bonds. The highest BCUT2D eigenvalue weighted by atomic mass is 35.5. The summed E-state index contributed by atoms with van der Waals surface area (Å²) in [6.45, 7) is 1.74. The predicted octanol–water partition coefficient (Wildman–Crippen LogP) is 7.96. The van der Waals surface area contributed by atoms with Crippen LogP contribution in [0.1, 0.15) is 21.6 Å². The van der Waals surface area contributed by atoms with E-state index in [4.69, 9.17) is 23.2 Å². The fourth-order valence-corrected chi connectivity index (χ4v) is 3.99. The molecule has 0 spiro atoms. The van der Waals surface area contributed by atoms with E-state index >= 15 is 0 Å². The fraction of sp³-hybridized carbons (Fsp3) is 0.0800. The normalized spacial score (nSPS) is 11.0. The van der Waals surface area contributed by atoms with Crippen molar-refractivity contribution in [3.63, 3.8) is 0 Å². The third-order valence-electron chi connectivity index (χ3n) is 5.27. The summed E-state index contributed by atoms with van der Waals surface area (Å²) < 4.78 is 41.7. The summed E-state index contributed by atoms with van der Waals surface area (Å²) in [4.78, 5) is 13.0. The van der Waals surface area contributed by atoms with E-state index in [2.05, 4.69) is 10.9 Å². The Morgan fingerprint density at radius 2 is 1.54 bits per heavy atom. The molecule has 35 heavy (non-hydrogen) atoms. The number of carbonyl (C=O) groups excluding carboxylic acids is 1. The molecule has 0 unspecified atom stereocenters. The second-order valence-corrected chi connectivity index (χ2v) is 8.29. The zero-order valence-electron chi connectivity index (χ0n) is 18.2. The first-order valence-electron chi connectivity index (χ1n) is 10.1. The van der Waals surface area contributed by atoms with E-state index in [-0.39, 0.29) is 23.7 Å². The second kappa shape index (κ2) is 10.6. The summed E-state index contributed by atoms with van der Waals surface area (Å²) in [5, 5.41) is 1.03. The van der Waals surface area contributed by atoms with Gasteiger partial charge in [0.1, 0.15) is 0 Å². The Morgan fingerprint density at radius 1 is 0.914 bits per heavy atom. The second-order valence-electron chi connectivity index (χ2n) is 7.44. The van der Waals surface area contributed by atoms with Gasteiger partial charge in [-0.3, -0.25) is 15.6 Å². The van der Waals surface area contributed by atoms with Crippen LogP contribution in [0.3, 0.4) is 0 Å². The Hall–Kier alpha value is -3.13. The van der Waals surface area contributed by atoms with Gasteiger partial charge in [0.25, 0.3) is 5.91 Å². The van der Waals surface area contributed by atoms with Crippen LogP contribution in [-0.4, -0.2) is 10.5 Å². The smallest absolute Gasteiger partial charge is 0.312 e. The highest BCUT2D eigenvalue weighted by Crippen LogP contribution is 2.35. The van der Waals surface area contributed by atoms with Crippen molar-refractivity contribution in [3.8, 4) is 16.9 Å². The molecule has 0 aliphatic rings. The predicted molar refractivity (Wildman–Crippen MR) is 136 cm³/mol. The first-order chi connectivity index (χ1) is 16.2. The molecular formula is C25H19Cl3F3N3O. The number of rotatable bonds is 5. The molecule has 182 valence electrons. The van der Waals surface area contributed by atoms with Crippen LogP contribution in [0.2, 0.25) is 10.0 Å². The van der Waals surface area contributed by atoms with Crippen LogP contribution < -0.4 is 10.9 Å². The van der Waals surface area contributed by atoms with Gasteiger partial charge < -0.3 is 4.57 Å². The number of aromatic nitrogens is 1. The van der Waals surface area contributed by atoms with E-state index in [1.807, 2.05) is 28.8 Å². The molecule has 0 saturated carbocycles. The first-order valence-corrected chi connectivity index (χ1v) is 10.9. The number of alkyl halides is 3. The number of benzene rings is 3. The Kier molecular flexibility index (Phi) is 8.05. The number of para-hydroxylation sites is 2. The molecule has 10 heteroatoms. The van der Waals surface area contributed by atoms with E-state index in [1.165, 1.54) is 18.2 Å². The van der Waals surface area contributed by atoms with Gasteiger partial charge in [0.15, 0.2) is 0 Å². The number of hydrogen-bond donors (Lipinski definition) is 2. The lowest BCUT2D eigenvalue weighted by Gasteiger charge is -2.15. The van der Waals surface area contributed by atoms with E-state index in [0.717, 1.165) is 11.6 Å². The van der Waals surface area contributed by atoms with Crippen LogP contribution in [0.5, 0.6) is 0 Å².